The molecular formula is C19H29N5O. The molecule has 0 saturated carbocycles. The molecular weight excluding hydrogens is 314 g/mol. The predicted molar refractivity (Wildman–Crippen MR) is 98.4 cm³/mol. The lowest BCUT2D eigenvalue weighted by Gasteiger charge is -2.27. The van der Waals surface area contributed by atoms with Gasteiger partial charge < -0.3 is 9.47 Å². The smallest absolute Gasteiger partial charge is 0.161 e. The Balaban J connectivity index is 1.65. The molecule has 3 rings (SSSR count). The van der Waals surface area contributed by atoms with Crippen molar-refractivity contribution in [1.29, 1.82) is 0 Å². The molecule has 0 fully saturated rings. The second kappa shape index (κ2) is 7.54. The Labute approximate surface area is 150 Å². The topological polar surface area (TPSA) is 46.3 Å². The third-order valence-corrected chi connectivity index (χ3v) is 4.86. The lowest BCUT2D eigenvalue weighted by molar-refractivity contribution is 0.101. The number of aromatic nitrogens is 3. The maximum absolute atomic E-state index is 11.6. The van der Waals surface area contributed by atoms with Gasteiger partial charge in [0.25, 0.3) is 0 Å². The number of hydrogen-bond acceptors (Lipinski definition) is 4. The van der Waals surface area contributed by atoms with Crippen molar-refractivity contribution in [2.45, 2.75) is 46.4 Å². The monoisotopic (exact) mass is 343 g/mol. The quantitative estimate of drug-likeness (QED) is 0.724. The first-order valence-electron chi connectivity index (χ1n) is 9.09. The van der Waals surface area contributed by atoms with Gasteiger partial charge in [-0.2, -0.15) is 5.10 Å². The van der Waals surface area contributed by atoms with E-state index in [1.54, 1.807) is 6.92 Å². The van der Waals surface area contributed by atoms with E-state index in [0.29, 0.717) is 0 Å². The molecule has 3 heterocycles. The molecule has 0 aliphatic carbocycles. The Hall–Kier alpha value is -1.92. The van der Waals surface area contributed by atoms with E-state index in [1.165, 1.54) is 11.4 Å². The number of Topliss-reactive ketones (excluding diaryl/α,β-unsaturated/α-hetero) is 1. The van der Waals surface area contributed by atoms with Crippen LogP contribution < -0.4 is 0 Å². The van der Waals surface area contributed by atoms with Crippen LogP contribution in [0.15, 0.2) is 18.3 Å². The summed E-state index contributed by atoms with van der Waals surface area (Å²) >= 11 is 0. The zero-order valence-electron chi connectivity index (χ0n) is 15.8. The standard InChI is InChI=1S/C19H29N5O/c1-5-6-21(3)12-17-10-19-14-23(7-8-24(19)20-17)13-18-9-16(15(2)25)11-22(18)4/h9-11H,5-8,12-14H2,1-4H3. The van der Waals surface area contributed by atoms with Crippen molar-refractivity contribution < 1.29 is 4.79 Å². The maximum atomic E-state index is 11.6. The lowest BCUT2D eigenvalue weighted by Crippen LogP contribution is -2.33. The zero-order valence-corrected chi connectivity index (χ0v) is 15.8. The molecule has 2 aromatic rings. The van der Waals surface area contributed by atoms with Gasteiger partial charge in [0, 0.05) is 50.7 Å². The first-order chi connectivity index (χ1) is 12.0. The van der Waals surface area contributed by atoms with Crippen molar-refractivity contribution in [2.24, 2.45) is 7.05 Å². The highest BCUT2D eigenvalue weighted by Crippen LogP contribution is 2.18. The number of nitrogens with zero attached hydrogens (tertiary/aromatic N) is 5. The highest BCUT2D eigenvalue weighted by Gasteiger charge is 2.20. The Morgan fingerprint density at radius 1 is 1.32 bits per heavy atom. The van der Waals surface area contributed by atoms with Crippen LogP contribution in [0, 0.1) is 0 Å². The van der Waals surface area contributed by atoms with Gasteiger partial charge in [0.05, 0.1) is 17.9 Å². The van der Waals surface area contributed by atoms with Crippen LogP contribution in [0.3, 0.4) is 0 Å². The molecule has 0 saturated heterocycles. The van der Waals surface area contributed by atoms with Gasteiger partial charge in [0.15, 0.2) is 5.78 Å². The van der Waals surface area contributed by atoms with Crippen molar-refractivity contribution in [2.75, 3.05) is 20.1 Å². The van der Waals surface area contributed by atoms with Gasteiger partial charge in [-0.1, -0.05) is 6.92 Å². The highest BCUT2D eigenvalue weighted by atomic mass is 16.1. The van der Waals surface area contributed by atoms with Crippen LogP contribution in [-0.4, -0.2) is 50.1 Å². The maximum Gasteiger partial charge on any atom is 0.161 e. The molecule has 6 nitrogen and oxygen atoms in total. The molecule has 0 atom stereocenters. The molecule has 0 amide bonds. The second-order valence-electron chi connectivity index (χ2n) is 7.19. The summed E-state index contributed by atoms with van der Waals surface area (Å²) in [6.07, 6.45) is 3.09. The molecule has 0 radical (unpaired) electrons. The van der Waals surface area contributed by atoms with Crippen molar-refractivity contribution >= 4 is 5.78 Å². The van der Waals surface area contributed by atoms with Crippen molar-refractivity contribution in [1.82, 2.24) is 24.1 Å². The van der Waals surface area contributed by atoms with Gasteiger partial charge in [0.2, 0.25) is 0 Å². The average Bonchev–Trinajstić information content (AvgIpc) is 3.10. The largest absolute Gasteiger partial charge is 0.353 e. The minimum absolute atomic E-state index is 0.124. The number of ketones is 1. The molecule has 0 spiro atoms. The van der Waals surface area contributed by atoms with E-state index in [-0.39, 0.29) is 5.78 Å². The number of carbonyl (C=O) groups excluding carboxylic acids is 1. The third kappa shape index (κ3) is 4.19. The van der Waals surface area contributed by atoms with E-state index in [2.05, 4.69) is 39.1 Å². The molecule has 1 aliphatic heterocycles. The summed E-state index contributed by atoms with van der Waals surface area (Å²) in [7, 11) is 4.16. The molecule has 25 heavy (non-hydrogen) atoms. The summed E-state index contributed by atoms with van der Waals surface area (Å²) in [5, 5.41) is 4.76. The summed E-state index contributed by atoms with van der Waals surface area (Å²) < 4.78 is 4.21. The summed E-state index contributed by atoms with van der Waals surface area (Å²) in [4.78, 5) is 16.3. The molecule has 0 bridgehead atoms. The van der Waals surface area contributed by atoms with Gasteiger partial charge >= 0.3 is 0 Å². The van der Waals surface area contributed by atoms with Crippen LogP contribution in [0.2, 0.25) is 0 Å². The minimum Gasteiger partial charge on any atom is -0.353 e. The van der Waals surface area contributed by atoms with Gasteiger partial charge in [-0.3, -0.25) is 14.4 Å². The Kier molecular flexibility index (Phi) is 5.39. The van der Waals surface area contributed by atoms with E-state index in [1.807, 2.05) is 19.3 Å². The summed E-state index contributed by atoms with van der Waals surface area (Å²) in [5.74, 6) is 0.124. The Morgan fingerprint density at radius 2 is 2.12 bits per heavy atom. The van der Waals surface area contributed by atoms with Crippen LogP contribution in [0.4, 0.5) is 0 Å². The van der Waals surface area contributed by atoms with Gasteiger partial charge in [0.1, 0.15) is 0 Å². The molecule has 0 unspecified atom stereocenters. The fourth-order valence-corrected chi connectivity index (χ4v) is 3.52. The van der Waals surface area contributed by atoms with Crippen LogP contribution in [0.1, 0.15) is 47.7 Å². The van der Waals surface area contributed by atoms with E-state index < -0.39 is 0 Å². The number of aryl methyl sites for hydroxylation is 1. The zero-order chi connectivity index (χ0) is 18.0. The predicted octanol–water partition coefficient (Wildman–Crippen LogP) is 2.28. The molecule has 136 valence electrons. The Bertz CT molecular complexity index is 745. The fourth-order valence-electron chi connectivity index (χ4n) is 3.52. The van der Waals surface area contributed by atoms with Gasteiger partial charge in [-0.25, -0.2) is 0 Å². The molecule has 0 aromatic carbocycles. The van der Waals surface area contributed by atoms with Crippen LogP contribution in [0.25, 0.3) is 0 Å². The van der Waals surface area contributed by atoms with Gasteiger partial charge in [-0.15, -0.1) is 0 Å². The molecule has 2 aromatic heterocycles. The van der Waals surface area contributed by atoms with E-state index >= 15 is 0 Å². The average molecular weight is 343 g/mol. The number of fused-ring (bicyclic) bond motifs is 1. The summed E-state index contributed by atoms with van der Waals surface area (Å²) in [5.41, 5.74) is 4.42. The van der Waals surface area contributed by atoms with E-state index in [9.17, 15) is 4.79 Å². The van der Waals surface area contributed by atoms with Crippen LogP contribution in [-0.2, 0) is 33.2 Å². The van der Waals surface area contributed by atoms with Crippen molar-refractivity contribution in [3.63, 3.8) is 0 Å². The lowest BCUT2D eigenvalue weighted by atomic mass is 10.2. The van der Waals surface area contributed by atoms with E-state index in [0.717, 1.165) is 56.9 Å². The minimum atomic E-state index is 0.124. The second-order valence-corrected chi connectivity index (χ2v) is 7.19. The molecule has 0 N–H and O–H groups in total. The number of hydrogen-bond donors (Lipinski definition) is 0. The SMILES string of the molecule is CCCN(C)Cc1cc2n(n1)CCN(Cc1cc(C(C)=O)cn1C)C2. The normalized spacial score (nSPS) is 14.9. The summed E-state index contributed by atoms with van der Waals surface area (Å²) in [6.45, 7) is 9.51. The highest BCUT2D eigenvalue weighted by molar-refractivity contribution is 5.94. The number of rotatable bonds is 7. The first-order valence-corrected chi connectivity index (χ1v) is 9.09. The van der Waals surface area contributed by atoms with E-state index in [4.69, 9.17) is 5.10 Å². The Morgan fingerprint density at radius 3 is 2.80 bits per heavy atom. The van der Waals surface area contributed by atoms with Gasteiger partial charge in [-0.05, 0) is 39.1 Å². The first kappa shape index (κ1) is 17.9. The molecule has 6 heteroatoms. The van der Waals surface area contributed by atoms with Crippen molar-refractivity contribution in [3.05, 3.63) is 41.0 Å². The fraction of sp³-hybridized carbons (Fsp3) is 0.579. The number of carbonyl (C=O) groups is 1. The third-order valence-electron chi connectivity index (χ3n) is 4.86. The molecule has 1 aliphatic rings. The van der Waals surface area contributed by atoms with Crippen LogP contribution in [0.5, 0.6) is 0 Å². The summed E-state index contributed by atoms with van der Waals surface area (Å²) in [6, 6.07) is 4.25. The van der Waals surface area contributed by atoms with Crippen LogP contribution >= 0.6 is 0 Å². The van der Waals surface area contributed by atoms with Crippen molar-refractivity contribution in [3.8, 4) is 0 Å².